The predicted molar refractivity (Wildman–Crippen MR) is 152 cm³/mol. The number of hydrogen-bond acceptors (Lipinski definition) is 4. The highest BCUT2D eigenvalue weighted by Gasteiger charge is 2.37. The summed E-state index contributed by atoms with van der Waals surface area (Å²) in [5, 5.41) is 2.38. The third-order valence-electron chi connectivity index (χ3n) is 6.24. The van der Waals surface area contributed by atoms with Crippen molar-refractivity contribution in [2.45, 2.75) is 56.9 Å². The number of nitrogens with one attached hydrogen (secondary N) is 1. The Labute approximate surface area is 247 Å². The topological polar surface area (TPSA) is 86.8 Å². The molecule has 0 unspecified atom stereocenters. The van der Waals surface area contributed by atoms with Crippen molar-refractivity contribution >= 4 is 39.1 Å². The molecule has 0 radical (unpaired) electrons. The van der Waals surface area contributed by atoms with E-state index in [9.17, 15) is 35.6 Å². The van der Waals surface area contributed by atoms with Crippen molar-refractivity contribution in [2.24, 2.45) is 0 Å². The summed E-state index contributed by atoms with van der Waals surface area (Å²) in [5.74, 6) is -1.93. The molecule has 42 heavy (non-hydrogen) atoms. The second-order valence-corrected chi connectivity index (χ2v) is 12.0. The number of sulfonamides is 1. The van der Waals surface area contributed by atoms with Crippen LogP contribution in [0.4, 0.5) is 23.2 Å². The Balaban J connectivity index is 2.15. The van der Waals surface area contributed by atoms with Gasteiger partial charge in [-0.15, -0.1) is 0 Å². The van der Waals surface area contributed by atoms with Crippen LogP contribution in [0.3, 0.4) is 0 Å². The van der Waals surface area contributed by atoms with E-state index in [0.717, 1.165) is 11.0 Å². The van der Waals surface area contributed by atoms with Gasteiger partial charge in [0.25, 0.3) is 10.0 Å². The molecule has 13 heteroatoms. The van der Waals surface area contributed by atoms with Gasteiger partial charge in [0.15, 0.2) is 0 Å². The Morgan fingerprint density at radius 3 is 2.14 bits per heavy atom. The molecule has 0 fully saturated rings. The van der Waals surface area contributed by atoms with Crippen molar-refractivity contribution in [3.8, 4) is 0 Å². The number of amides is 2. The molecular formula is C29H30ClF4N3O4S. The molecule has 0 aromatic heterocycles. The van der Waals surface area contributed by atoms with Crippen LogP contribution in [-0.2, 0) is 32.3 Å². The molecule has 1 atom stereocenters. The van der Waals surface area contributed by atoms with E-state index in [2.05, 4.69) is 5.32 Å². The maximum absolute atomic E-state index is 14.0. The molecule has 3 aromatic rings. The first-order valence-corrected chi connectivity index (χ1v) is 14.8. The maximum Gasteiger partial charge on any atom is 0.416 e. The van der Waals surface area contributed by atoms with Gasteiger partial charge >= 0.3 is 6.18 Å². The zero-order valence-corrected chi connectivity index (χ0v) is 24.6. The quantitative estimate of drug-likeness (QED) is 0.263. The van der Waals surface area contributed by atoms with Crippen molar-refractivity contribution in [3.63, 3.8) is 0 Å². The molecule has 0 saturated heterocycles. The lowest BCUT2D eigenvalue weighted by Crippen LogP contribution is -2.53. The van der Waals surface area contributed by atoms with Gasteiger partial charge in [-0.25, -0.2) is 12.8 Å². The van der Waals surface area contributed by atoms with Crippen molar-refractivity contribution < 1.29 is 35.6 Å². The van der Waals surface area contributed by atoms with E-state index in [1.165, 1.54) is 48.5 Å². The Bertz CT molecular complexity index is 1500. The van der Waals surface area contributed by atoms with Gasteiger partial charge in [0.1, 0.15) is 18.4 Å². The van der Waals surface area contributed by atoms with Gasteiger partial charge < -0.3 is 10.2 Å². The average Bonchev–Trinajstić information content (AvgIpc) is 2.92. The van der Waals surface area contributed by atoms with E-state index in [0.29, 0.717) is 22.0 Å². The Kier molecular flexibility index (Phi) is 10.6. The fourth-order valence-corrected chi connectivity index (χ4v) is 5.92. The second-order valence-electron chi connectivity index (χ2n) is 9.72. The lowest BCUT2D eigenvalue weighted by atomic mass is 10.1. The van der Waals surface area contributed by atoms with Gasteiger partial charge in [0.05, 0.1) is 21.2 Å². The van der Waals surface area contributed by atoms with Crippen molar-refractivity contribution in [3.05, 3.63) is 94.8 Å². The van der Waals surface area contributed by atoms with E-state index in [1.807, 2.05) is 0 Å². The van der Waals surface area contributed by atoms with Gasteiger partial charge in [0.2, 0.25) is 11.8 Å². The molecule has 7 nitrogen and oxygen atoms in total. The van der Waals surface area contributed by atoms with Gasteiger partial charge in [0, 0.05) is 12.6 Å². The summed E-state index contributed by atoms with van der Waals surface area (Å²) in [7, 11) is -4.63. The van der Waals surface area contributed by atoms with Crippen molar-refractivity contribution in [1.29, 1.82) is 0 Å². The van der Waals surface area contributed by atoms with Crippen LogP contribution in [0.25, 0.3) is 0 Å². The highest BCUT2D eigenvalue weighted by Crippen LogP contribution is 2.37. The molecule has 2 amide bonds. The van der Waals surface area contributed by atoms with Crippen LogP contribution in [0.1, 0.15) is 38.3 Å². The minimum absolute atomic E-state index is 0.126. The van der Waals surface area contributed by atoms with Crippen LogP contribution in [0.5, 0.6) is 0 Å². The number of hydrogen-bond donors (Lipinski definition) is 1. The maximum atomic E-state index is 14.0. The first-order valence-electron chi connectivity index (χ1n) is 12.9. The van der Waals surface area contributed by atoms with E-state index in [-0.39, 0.29) is 28.9 Å². The molecule has 226 valence electrons. The van der Waals surface area contributed by atoms with Crippen LogP contribution in [0, 0.1) is 5.82 Å². The summed E-state index contributed by atoms with van der Waals surface area (Å²) in [6.45, 7) is 3.91. The molecule has 0 bridgehead atoms. The molecular weight excluding hydrogens is 598 g/mol. The number of carbonyl (C=O) groups excluding carboxylic acids is 2. The van der Waals surface area contributed by atoms with Crippen LogP contribution in [0.2, 0.25) is 5.02 Å². The lowest BCUT2D eigenvalue weighted by Gasteiger charge is -2.34. The standard InChI is InChI=1S/C29H30ClF4N3O4S/c1-4-25(28(39)35-19(2)3)36(17-20-10-13-22(31)14-11-20)27(38)18-37(42(40,41)23-8-6-5-7-9-23)26-16-21(29(32,33)34)12-15-24(26)30/h5-16,19,25H,4,17-18H2,1-3H3,(H,35,39)/t25-/m1/s1. The van der Waals surface area contributed by atoms with E-state index >= 15 is 0 Å². The molecule has 1 N–H and O–H groups in total. The Morgan fingerprint density at radius 2 is 1.60 bits per heavy atom. The molecule has 3 rings (SSSR count). The highest BCUT2D eigenvalue weighted by molar-refractivity contribution is 7.92. The third-order valence-corrected chi connectivity index (χ3v) is 8.33. The Morgan fingerprint density at radius 1 is 0.976 bits per heavy atom. The summed E-state index contributed by atoms with van der Waals surface area (Å²) in [4.78, 5) is 27.9. The van der Waals surface area contributed by atoms with Crippen LogP contribution in [-0.4, -0.2) is 43.8 Å². The summed E-state index contributed by atoms with van der Waals surface area (Å²) in [5.41, 5.74) is -1.30. The van der Waals surface area contributed by atoms with Crippen molar-refractivity contribution in [1.82, 2.24) is 10.2 Å². The van der Waals surface area contributed by atoms with Crippen LogP contribution >= 0.6 is 11.6 Å². The van der Waals surface area contributed by atoms with Crippen LogP contribution < -0.4 is 9.62 Å². The molecule has 0 aliphatic rings. The number of halogens is 5. The number of benzene rings is 3. The molecule has 0 saturated carbocycles. The minimum Gasteiger partial charge on any atom is -0.352 e. The predicted octanol–water partition coefficient (Wildman–Crippen LogP) is 6.03. The third kappa shape index (κ3) is 8.01. The van der Waals surface area contributed by atoms with E-state index in [4.69, 9.17) is 11.6 Å². The first-order chi connectivity index (χ1) is 19.6. The van der Waals surface area contributed by atoms with E-state index in [1.54, 1.807) is 26.8 Å². The summed E-state index contributed by atoms with van der Waals surface area (Å²) in [6.07, 6.45) is -4.70. The van der Waals surface area contributed by atoms with Gasteiger partial charge in [-0.3, -0.25) is 13.9 Å². The molecule has 0 aliphatic carbocycles. The summed E-state index contributed by atoms with van der Waals surface area (Å²) in [6, 6.07) is 12.8. The van der Waals surface area contributed by atoms with Gasteiger partial charge in [-0.2, -0.15) is 13.2 Å². The minimum atomic E-state index is -4.83. The number of nitrogens with zero attached hydrogens (tertiary/aromatic N) is 2. The molecule has 0 heterocycles. The molecule has 3 aromatic carbocycles. The van der Waals surface area contributed by atoms with Crippen molar-refractivity contribution in [2.75, 3.05) is 10.8 Å². The molecule has 0 spiro atoms. The zero-order chi connectivity index (χ0) is 31.2. The highest BCUT2D eigenvalue weighted by atomic mass is 35.5. The molecule has 0 aliphatic heterocycles. The fourth-order valence-electron chi connectivity index (χ4n) is 4.20. The first kappa shape index (κ1) is 32.9. The number of alkyl halides is 3. The van der Waals surface area contributed by atoms with E-state index < -0.39 is 57.7 Å². The normalized spacial score (nSPS) is 12.6. The summed E-state index contributed by atoms with van der Waals surface area (Å²) >= 11 is 6.24. The second kappa shape index (κ2) is 13.6. The average molecular weight is 628 g/mol. The lowest BCUT2D eigenvalue weighted by molar-refractivity contribution is -0.140. The Hall–Kier alpha value is -3.64. The van der Waals surface area contributed by atoms with Gasteiger partial charge in [-0.1, -0.05) is 48.9 Å². The summed E-state index contributed by atoms with van der Waals surface area (Å²) < 4.78 is 82.6. The smallest absolute Gasteiger partial charge is 0.352 e. The largest absolute Gasteiger partial charge is 0.416 e. The number of anilines is 1. The number of carbonyl (C=O) groups is 2. The van der Waals surface area contributed by atoms with Crippen LogP contribution in [0.15, 0.2) is 77.7 Å². The monoisotopic (exact) mass is 627 g/mol. The number of rotatable bonds is 11. The fraction of sp³-hybridized carbons (Fsp3) is 0.310. The zero-order valence-electron chi connectivity index (χ0n) is 23.0. The van der Waals surface area contributed by atoms with Gasteiger partial charge in [-0.05, 0) is 68.3 Å². The SMILES string of the molecule is CC[C@H](C(=O)NC(C)C)N(Cc1ccc(F)cc1)C(=O)CN(c1cc(C(F)(F)F)ccc1Cl)S(=O)(=O)c1ccccc1.